The van der Waals surface area contributed by atoms with E-state index in [2.05, 4.69) is 43.3 Å². The topological polar surface area (TPSA) is 106 Å². The van der Waals surface area contributed by atoms with Crippen LogP contribution in [0.5, 0.6) is 34.5 Å². The number of nitrogens with two attached hydrogens (primary N) is 3. The minimum Gasteiger partial charge on any atom is -0.457 e. The molecule has 0 aliphatic rings. The van der Waals surface area contributed by atoms with Crippen molar-refractivity contribution < 1.29 is 14.2 Å². The maximum atomic E-state index is 6.22. The first-order chi connectivity index (χ1) is 22.6. The van der Waals surface area contributed by atoms with E-state index >= 15 is 0 Å². The molecule has 6 heteroatoms. The van der Waals surface area contributed by atoms with E-state index in [0.29, 0.717) is 17.1 Å². The summed E-state index contributed by atoms with van der Waals surface area (Å²) in [6, 6.07) is 41.7. The van der Waals surface area contributed by atoms with E-state index < -0.39 is 5.41 Å². The molecule has 0 bridgehead atoms. The quantitative estimate of drug-likeness (QED) is 0.110. The van der Waals surface area contributed by atoms with Crippen molar-refractivity contribution in [1.82, 2.24) is 0 Å². The molecule has 0 aromatic heterocycles. The highest BCUT2D eigenvalue weighted by Gasteiger charge is 2.31. The molecule has 0 atom stereocenters. The highest BCUT2D eigenvalue weighted by Crippen LogP contribution is 2.42. The molecule has 47 heavy (non-hydrogen) atoms. The molecule has 0 amide bonds. The molecule has 0 spiro atoms. The molecule has 0 saturated heterocycles. The fourth-order valence-electron chi connectivity index (χ4n) is 5.63. The van der Waals surface area contributed by atoms with E-state index in [4.69, 9.17) is 31.4 Å². The van der Waals surface area contributed by atoms with Gasteiger partial charge in [0, 0.05) is 40.7 Å². The molecule has 0 heterocycles. The predicted molar refractivity (Wildman–Crippen MR) is 192 cm³/mol. The van der Waals surface area contributed by atoms with E-state index in [9.17, 15) is 0 Å². The van der Waals surface area contributed by atoms with Gasteiger partial charge < -0.3 is 31.4 Å². The highest BCUT2D eigenvalue weighted by molar-refractivity contribution is 5.55. The van der Waals surface area contributed by atoms with Gasteiger partial charge in [-0.25, -0.2) is 0 Å². The van der Waals surface area contributed by atoms with Crippen LogP contribution in [0.25, 0.3) is 0 Å². The second kappa shape index (κ2) is 12.9. The van der Waals surface area contributed by atoms with E-state index in [1.165, 1.54) is 0 Å². The minimum absolute atomic E-state index is 0.525. The van der Waals surface area contributed by atoms with E-state index in [1.54, 1.807) is 0 Å². The average molecular weight is 622 g/mol. The summed E-state index contributed by atoms with van der Waals surface area (Å²) in [5, 5.41) is 0. The third-order valence-corrected chi connectivity index (χ3v) is 8.62. The van der Waals surface area contributed by atoms with Gasteiger partial charge in [-0.1, -0.05) is 54.6 Å². The standard InChI is InChI=1S/C41H39N3O3/c1-26-5-14-32(42)23-38(26)45-35-17-8-29(9-18-35)41(4,30-10-19-36(20-11-30)46-39-24-33(43)15-6-27(39)2)31-12-21-37(22-13-31)47-40-25-34(44)16-7-28(40)3/h5-25H,42-44H2,1-4H3. The third kappa shape index (κ3) is 6.72. The summed E-state index contributed by atoms with van der Waals surface area (Å²) in [4.78, 5) is 0. The molecule has 0 radical (unpaired) electrons. The van der Waals surface area contributed by atoms with Crippen LogP contribution < -0.4 is 31.4 Å². The zero-order valence-electron chi connectivity index (χ0n) is 27.1. The third-order valence-electron chi connectivity index (χ3n) is 8.62. The van der Waals surface area contributed by atoms with Gasteiger partial charge in [0.05, 0.1) is 0 Å². The zero-order valence-corrected chi connectivity index (χ0v) is 27.1. The van der Waals surface area contributed by atoms with Gasteiger partial charge in [0.2, 0.25) is 0 Å². The molecule has 6 rings (SSSR count). The summed E-state index contributed by atoms with van der Waals surface area (Å²) in [6.45, 7) is 8.23. The molecule has 0 aliphatic carbocycles. The number of ether oxygens (including phenoxy) is 3. The van der Waals surface area contributed by atoms with Crippen molar-refractivity contribution in [3.63, 3.8) is 0 Å². The molecule has 6 N–H and O–H groups in total. The van der Waals surface area contributed by atoms with Crippen molar-refractivity contribution in [3.8, 4) is 34.5 Å². The number of anilines is 3. The van der Waals surface area contributed by atoms with Gasteiger partial charge in [-0.2, -0.15) is 0 Å². The minimum atomic E-state index is -0.525. The molecular weight excluding hydrogens is 582 g/mol. The van der Waals surface area contributed by atoms with Crippen LogP contribution in [0, 0.1) is 20.8 Å². The van der Waals surface area contributed by atoms with Gasteiger partial charge >= 0.3 is 0 Å². The number of nitrogen functional groups attached to an aromatic ring is 3. The van der Waals surface area contributed by atoms with Crippen molar-refractivity contribution in [2.45, 2.75) is 33.1 Å². The SMILES string of the molecule is Cc1ccc(N)cc1Oc1ccc(C(C)(c2ccc(Oc3cc(N)ccc3C)cc2)c2ccc(Oc3cc(N)ccc3C)cc2)cc1. The highest BCUT2D eigenvalue weighted by atomic mass is 16.5. The Bertz CT molecular complexity index is 1790. The molecule has 6 aromatic carbocycles. The van der Waals surface area contributed by atoms with Gasteiger partial charge in [-0.15, -0.1) is 0 Å². The van der Waals surface area contributed by atoms with Crippen LogP contribution in [0.4, 0.5) is 17.1 Å². The van der Waals surface area contributed by atoms with Crippen molar-refractivity contribution in [3.05, 3.63) is 161 Å². The number of aryl methyl sites for hydroxylation is 3. The molecule has 6 aromatic rings. The number of benzene rings is 6. The fraction of sp³-hybridized carbons (Fsp3) is 0.122. The Labute approximate surface area is 276 Å². The first-order valence-corrected chi connectivity index (χ1v) is 15.5. The van der Waals surface area contributed by atoms with Crippen molar-refractivity contribution in [2.24, 2.45) is 0 Å². The molecule has 0 saturated carbocycles. The van der Waals surface area contributed by atoms with E-state index in [1.807, 2.05) is 112 Å². The summed E-state index contributed by atoms with van der Waals surface area (Å²) in [5.41, 5.74) is 25.8. The lowest BCUT2D eigenvalue weighted by molar-refractivity contribution is 0.477. The van der Waals surface area contributed by atoms with Gasteiger partial charge in [-0.05, 0) is 116 Å². The van der Waals surface area contributed by atoms with E-state index in [0.717, 1.165) is 67.9 Å². The van der Waals surface area contributed by atoms with Crippen molar-refractivity contribution >= 4 is 17.1 Å². The lowest BCUT2D eigenvalue weighted by Gasteiger charge is -2.32. The van der Waals surface area contributed by atoms with Crippen LogP contribution in [0.3, 0.4) is 0 Å². The molecule has 0 aliphatic heterocycles. The molecular formula is C41H39N3O3. The Morgan fingerprint density at radius 1 is 0.383 bits per heavy atom. The van der Waals surface area contributed by atoms with Gasteiger partial charge in [0.25, 0.3) is 0 Å². The zero-order chi connectivity index (χ0) is 33.1. The Balaban J connectivity index is 1.34. The molecule has 236 valence electrons. The summed E-state index contributed by atoms with van der Waals surface area (Å²) in [5.74, 6) is 4.39. The Morgan fingerprint density at radius 3 is 0.894 bits per heavy atom. The largest absolute Gasteiger partial charge is 0.457 e. The predicted octanol–water partition coefficient (Wildman–Crippen LogP) is 10.1. The van der Waals surface area contributed by atoms with Crippen molar-refractivity contribution in [2.75, 3.05) is 17.2 Å². The maximum Gasteiger partial charge on any atom is 0.132 e. The number of rotatable bonds is 9. The molecule has 6 nitrogen and oxygen atoms in total. The van der Waals surface area contributed by atoms with Gasteiger partial charge in [-0.3, -0.25) is 0 Å². The Kier molecular flexibility index (Phi) is 8.51. The first-order valence-electron chi connectivity index (χ1n) is 15.5. The maximum absolute atomic E-state index is 6.22. The van der Waals surface area contributed by atoms with Crippen LogP contribution in [-0.4, -0.2) is 0 Å². The summed E-state index contributed by atoms with van der Waals surface area (Å²) in [7, 11) is 0. The van der Waals surface area contributed by atoms with Crippen LogP contribution in [0.1, 0.15) is 40.3 Å². The fourth-order valence-corrected chi connectivity index (χ4v) is 5.63. The van der Waals surface area contributed by atoms with Crippen LogP contribution in [0.2, 0.25) is 0 Å². The van der Waals surface area contributed by atoms with Gasteiger partial charge in [0.15, 0.2) is 0 Å². The smallest absolute Gasteiger partial charge is 0.132 e. The second-order valence-electron chi connectivity index (χ2n) is 12.1. The second-order valence-corrected chi connectivity index (χ2v) is 12.1. The monoisotopic (exact) mass is 621 g/mol. The normalized spacial score (nSPS) is 11.2. The molecule has 0 fully saturated rings. The lowest BCUT2D eigenvalue weighted by atomic mass is 9.71. The number of hydrogen-bond acceptors (Lipinski definition) is 6. The Hall–Kier alpha value is -5.88. The average Bonchev–Trinajstić information content (AvgIpc) is 3.07. The Morgan fingerprint density at radius 2 is 0.638 bits per heavy atom. The van der Waals surface area contributed by atoms with E-state index in [-0.39, 0.29) is 0 Å². The van der Waals surface area contributed by atoms with Crippen LogP contribution in [0.15, 0.2) is 127 Å². The number of hydrogen-bond donors (Lipinski definition) is 3. The molecule has 0 unspecified atom stereocenters. The lowest BCUT2D eigenvalue weighted by Crippen LogP contribution is -2.25. The summed E-state index contributed by atoms with van der Waals surface area (Å²) < 4.78 is 18.7. The summed E-state index contributed by atoms with van der Waals surface area (Å²) in [6.07, 6.45) is 0. The van der Waals surface area contributed by atoms with Crippen LogP contribution in [-0.2, 0) is 5.41 Å². The van der Waals surface area contributed by atoms with Gasteiger partial charge in [0.1, 0.15) is 34.5 Å². The summed E-state index contributed by atoms with van der Waals surface area (Å²) >= 11 is 0. The van der Waals surface area contributed by atoms with Crippen molar-refractivity contribution in [1.29, 1.82) is 0 Å². The van der Waals surface area contributed by atoms with Crippen LogP contribution >= 0.6 is 0 Å². The first kappa shape index (κ1) is 31.1.